The largest absolute Gasteiger partial charge is 0.298 e. The number of ketones is 2. The highest BCUT2D eigenvalue weighted by Crippen LogP contribution is 2.37. The summed E-state index contributed by atoms with van der Waals surface area (Å²) < 4.78 is 0. The molecule has 2 aromatic rings. The minimum Gasteiger partial charge on any atom is -0.298 e. The molecule has 1 aliphatic carbocycles. The number of carbonyl (C=O) groups is 2. The van der Waals surface area contributed by atoms with Crippen LogP contribution >= 0.6 is 0 Å². The van der Waals surface area contributed by atoms with Gasteiger partial charge in [-0.3, -0.25) is 9.59 Å². The van der Waals surface area contributed by atoms with Gasteiger partial charge in [-0.25, -0.2) is 0 Å². The number of carbonyl (C=O) groups excluding carboxylic acids is 2. The van der Waals surface area contributed by atoms with Crippen LogP contribution < -0.4 is 0 Å². The van der Waals surface area contributed by atoms with E-state index in [9.17, 15) is 9.59 Å². The molecule has 2 nitrogen and oxygen atoms in total. The van der Waals surface area contributed by atoms with Crippen LogP contribution in [0.4, 0.5) is 0 Å². The highest BCUT2D eigenvalue weighted by atomic mass is 16.2. The Bertz CT molecular complexity index is 698. The number of hydrogen-bond donors (Lipinski definition) is 0. The molecule has 1 saturated carbocycles. The van der Waals surface area contributed by atoms with E-state index in [1.165, 1.54) is 0 Å². The van der Waals surface area contributed by atoms with Crippen LogP contribution in [-0.4, -0.2) is 11.6 Å². The van der Waals surface area contributed by atoms with Crippen molar-refractivity contribution in [1.29, 1.82) is 0 Å². The first kappa shape index (κ1) is 15.4. The van der Waals surface area contributed by atoms with Crippen molar-refractivity contribution in [3.8, 4) is 0 Å². The summed E-state index contributed by atoms with van der Waals surface area (Å²) in [7, 11) is 0. The van der Waals surface area contributed by atoms with Gasteiger partial charge in [-0.15, -0.1) is 0 Å². The van der Waals surface area contributed by atoms with Gasteiger partial charge in [-0.1, -0.05) is 72.8 Å². The topological polar surface area (TPSA) is 34.1 Å². The van der Waals surface area contributed by atoms with Gasteiger partial charge in [-0.05, 0) is 24.0 Å². The van der Waals surface area contributed by atoms with Crippen LogP contribution in [0.25, 0.3) is 6.08 Å². The van der Waals surface area contributed by atoms with Crippen molar-refractivity contribution in [1.82, 2.24) is 0 Å². The van der Waals surface area contributed by atoms with Gasteiger partial charge in [0.25, 0.3) is 0 Å². The van der Waals surface area contributed by atoms with Crippen molar-refractivity contribution in [3.63, 3.8) is 0 Å². The van der Waals surface area contributed by atoms with Gasteiger partial charge >= 0.3 is 0 Å². The molecular formula is C21H20O2. The predicted molar refractivity (Wildman–Crippen MR) is 92.1 cm³/mol. The number of rotatable bonds is 4. The maximum Gasteiger partial charge on any atom is 0.151 e. The average Bonchev–Trinajstić information content (AvgIpc) is 2.59. The third kappa shape index (κ3) is 3.02. The van der Waals surface area contributed by atoms with E-state index >= 15 is 0 Å². The summed E-state index contributed by atoms with van der Waals surface area (Å²) in [6.07, 6.45) is 6.03. The first-order valence-electron chi connectivity index (χ1n) is 8.07. The first-order chi connectivity index (χ1) is 11.2. The molecule has 0 saturated heterocycles. The molecule has 0 amide bonds. The molecule has 2 aromatic carbocycles. The SMILES string of the molecule is O=C1CCCC(=O)C1(C/C=C\c1ccccc1)c1ccccc1. The molecule has 0 atom stereocenters. The van der Waals surface area contributed by atoms with Crippen LogP contribution in [0, 0.1) is 0 Å². The molecular weight excluding hydrogens is 284 g/mol. The average molecular weight is 304 g/mol. The second kappa shape index (κ2) is 6.74. The fourth-order valence-corrected chi connectivity index (χ4v) is 3.32. The van der Waals surface area contributed by atoms with Crippen LogP contribution in [0.5, 0.6) is 0 Å². The quantitative estimate of drug-likeness (QED) is 0.787. The zero-order chi connectivity index (χ0) is 16.1. The molecule has 1 fully saturated rings. The van der Waals surface area contributed by atoms with Crippen molar-refractivity contribution in [2.24, 2.45) is 0 Å². The summed E-state index contributed by atoms with van der Waals surface area (Å²) in [6, 6.07) is 19.4. The molecule has 23 heavy (non-hydrogen) atoms. The molecule has 0 spiro atoms. The van der Waals surface area contributed by atoms with E-state index in [1.807, 2.05) is 72.8 Å². The molecule has 0 heterocycles. The zero-order valence-electron chi connectivity index (χ0n) is 13.1. The summed E-state index contributed by atoms with van der Waals surface area (Å²) in [5.74, 6) is 0.107. The van der Waals surface area contributed by atoms with Gasteiger partial charge in [0.15, 0.2) is 11.6 Å². The molecule has 0 bridgehead atoms. The normalized spacial score (nSPS) is 17.6. The minimum absolute atomic E-state index is 0.0534. The minimum atomic E-state index is -0.995. The maximum absolute atomic E-state index is 12.7. The van der Waals surface area contributed by atoms with Gasteiger partial charge < -0.3 is 0 Å². The van der Waals surface area contributed by atoms with E-state index in [0.717, 1.165) is 11.1 Å². The summed E-state index contributed by atoms with van der Waals surface area (Å²) in [6.45, 7) is 0. The summed E-state index contributed by atoms with van der Waals surface area (Å²) in [5.41, 5.74) is 0.906. The standard InChI is InChI=1S/C21H20O2/c22-19-14-7-15-20(23)21(19,18-12-5-2-6-13-18)16-8-11-17-9-3-1-4-10-17/h1-6,8-13H,7,14-16H2/b11-8-. The van der Waals surface area contributed by atoms with Gasteiger partial charge in [0.1, 0.15) is 5.41 Å². The van der Waals surface area contributed by atoms with E-state index in [0.29, 0.717) is 25.7 Å². The summed E-state index contributed by atoms with van der Waals surface area (Å²) in [5, 5.41) is 0. The first-order valence-corrected chi connectivity index (χ1v) is 8.07. The summed E-state index contributed by atoms with van der Waals surface area (Å²) >= 11 is 0. The van der Waals surface area contributed by atoms with Crippen molar-refractivity contribution >= 4 is 17.6 Å². The molecule has 3 rings (SSSR count). The Kier molecular flexibility index (Phi) is 4.52. The van der Waals surface area contributed by atoms with E-state index in [-0.39, 0.29) is 11.6 Å². The van der Waals surface area contributed by atoms with Crippen molar-refractivity contribution < 1.29 is 9.59 Å². The van der Waals surface area contributed by atoms with Gasteiger partial charge in [0.2, 0.25) is 0 Å². The third-order valence-corrected chi connectivity index (χ3v) is 4.56. The third-order valence-electron chi connectivity index (χ3n) is 4.56. The highest BCUT2D eigenvalue weighted by Gasteiger charge is 2.47. The van der Waals surface area contributed by atoms with Crippen LogP contribution in [-0.2, 0) is 15.0 Å². The van der Waals surface area contributed by atoms with Gasteiger partial charge in [0, 0.05) is 12.8 Å². The lowest BCUT2D eigenvalue weighted by atomic mass is 9.65. The van der Waals surface area contributed by atoms with Crippen molar-refractivity contribution in [2.75, 3.05) is 0 Å². The maximum atomic E-state index is 12.7. The van der Waals surface area contributed by atoms with Crippen LogP contribution in [0.1, 0.15) is 36.8 Å². The fraction of sp³-hybridized carbons (Fsp3) is 0.238. The Morgan fingerprint density at radius 2 is 1.39 bits per heavy atom. The Morgan fingerprint density at radius 1 is 0.826 bits per heavy atom. The van der Waals surface area contributed by atoms with Gasteiger partial charge in [-0.2, -0.15) is 0 Å². The Balaban J connectivity index is 1.94. The van der Waals surface area contributed by atoms with E-state index in [1.54, 1.807) is 0 Å². The lowest BCUT2D eigenvalue weighted by Crippen LogP contribution is -2.46. The highest BCUT2D eigenvalue weighted by molar-refractivity contribution is 6.14. The van der Waals surface area contributed by atoms with Crippen LogP contribution in [0.2, 0.25) is 0 Å². The van der Waals surface area contributed by atoms with Gasteiger partial charge in [0.05, 0.1) is 0 Å². The second-order valence-corrected chi connectivity index (χ2v) is 5.99. The summed E-state index contributed by atoms with van der Waals surface area (Å²) in [4.78, 5) is 25.4. The van der Waals surface area contributed by atoms with Crippen LogP contribution in [0.3, 0.4) is 0 Å². The molecule has 0 N–H and O–H groups in total. The molecule has 0 unspecified atom stereocenters. The van der Waals surface area contributed by atoms with E-state index in [4.69, 9.17) is 0 Å². The molecule has 0 radical (unpaired) electrons. The fourth-order valence-electron chi connectivity index (χ4n) is 3.32. The predicted octanol–water partition coefficient (Wildman–Crippen LogP) is 4.35. The smallest absolute Gasteiger partial charge is 0.151 e. The molecule has 0 aromatic heterocycles. The molecule has 1 aliphatic rings. The number of benzene rings is 2. The molecule has 116 valence electrons. The van der Waals surface area contributed by atoms with Crippen LogP contribution in [0.15, 0.2) is 66.7 Å². The lowest BCUT2D eigenvalue weighted by molar-refractivity contribution is -0.138. The zero-order valence-corrected chi connectivity index (χ0v) is 13.1. The van der Waals surface area contributed by atoms with E-state index in [2.05, 4.69) is 0 Å². The lowest BCUT2D eigenvalue weighted by Gasteiger charge is -2.34. The second-order valence-electron chi connectivity index (χ2n) is 5.99. The number of Topliss-reactive ketones (excluding diaryl/α,β-unsaturated/α-hetero) is 2. The Labute approximate surface area is 136 Å². The van der Waals surface area contributed by atoms with Crippen molar-refractivity contribution in [2.45, 2.75) is 31.1 Å². The number of hydrogen-bond acceptors (Lipinski definition) is 2. The Morgan fingerprint density at radius 3 is 2.00 bits per heavy atom. The number of allylic oxidation sites excluding steroid dienone is 1. The molecule has 0 aliphatic heterocycles. The monoisotopic (exact) mass is 304 g/mol. The molecule has 2 heteroatoms. The van der Waals surface area contributed by atoms with E-state index < -0.39 is 5.41 Å². The van der Waals surface area contributed by atoms with Crippen molar-refractivity contribution in [3.05, 3.63) is 77.9 Å². The Hall–Kier alpha value is -2.48.